The Morgan fingerprint density at radius 3 is 2.50 bits per heavy atom. The summed E-state index contributed by atoms with van der Waals surface area (Å²) in [5, 5.41) is 8.60. The predicted octanol–water partition coefficient (Wildman–Crippen LogP) is 0.0295. The van der Waals surface area contributed by atoms with Gasteiger partial charge in [-0.05, 0) is 19.3 Å². The number of unbranched alkanes of at least 4 members (excludes halogenated alkanes) is 3. The minimum absolute atomic E-state index is 0.0477. The van der Waals surface area contributed by atoms with Crippen LogP contribution >= 0.6 is 0 Å². The van der Waals surface area contributed by atoms with E-state index in [1.807, 2.05) is 0 Å². The van der Waals surface area contributed by atoms with Gasteiger partial charge in [0.25, 0.3) is 5.56 Å². The zero-order valence-corrected chi connectivity index (χ0v) is 9.20. The molecule has 0 aromatic carbocycles. The molecule has 16 heavy (non-hydrogen) atoms. The van der Waals surface area contributed by atoms with Crippen molar-refractivity contribution in [3.8, 4) is 0 Å². The minimum Gasteiger partial charge on any atom is -0.396 e. The number of aromatic amines is 1. The van der Waals surface area contributed by atoms with Gasteiger partial charge in [0, 0.05) is 6.61 Å². The van der Waals surface area contributed by atoms with Gasteiger partial charge in [0.05, 0.1) is 5.56 Å². The van der Waals surface area contributed by atoms with Crippen molar-refractivity contribution in [2.24, 2.45) is 0 Å². The molecule has 0 saturated heterocycles. The summed E-state index contributed by atoms with van der Waals surface area (Å²) in [6.07, 6.45) is 4.17. The van der Waals surface area contributed by atoms with Crippen LogP contribution in [0.4, 0.5) is 11.8 Å². The molecule has 0 radical (unpaired) electrons. The zero-order chi connectivity index (χ0) is 12.0. The van der Waals surface area contributed by atoms with Crippen molar-refractivity contribution < 1.29 is 5.11 Å². The van der Waals surface area contributed by atoms with E-state index >= 15 is 0 Å². The second kappa shape index (κ2) is 6.12. The number of hydrogen-bond acceptors (Lipinski definition) is 5. The maximum Gasteiger partial charge on any atom is 0.257 e. The van der Waals surface area contributed by atoms with Gasteiger partial charge in [-0.15, -0.1) is 0 Å². The predicted molar refractivity (Wildman–Crippen MR) is 62.9 cm³/mol. The lowest BCUT2D eigenvalue weighted by Crippen LogP contribution is -2.19. The molecule has 1 rings (SSSR count). The largest absolute Gasteiger partial charge is 0.396 e. The number of nitrogens with two attached hydrogens (primary N) is 2. The summed E-state index contributed by atoms with van der Waals surface area (Å²) in [7, 11) is 0. The summed E-state index contributed by atoms with van der Waals surface area (Å²) in [4.78, 5) is 17.7. The maximum absolute atomic E-state index is 11.5. The third kappa shape index (κ3) is 3.54. The van der Waals surface area contributed by atoms with Gasteiger partial charge in [-0.3, -0.25) is 9.78 Å². The standard InChI is InChI=1S/C10H18N4O2/c11-8-7(5-3-1-2-4-6-15)9(16)14-10(12)13-8/h15H,1-6H2,(H5,11,12,13,14,16). The second-order valence-electron chi connectivity index (χ2n) is 3.70. The average Bonchev–Trinajstić information content (AvgIpc) is 2.20. The molecule has 6 nitrogen and oxygen atoms in total. The topological polar surface area (TPSA) is 118 Å². The number of nitrogens with zero attached hydrogens (tertiary/aromatic N) is 1. The molecule has 0 aliphatic rings. The fourth-order valence-electron chi connectivity index (χ4n) is 1.54. The SMILES string of the molecule is Nc1nc(N)c(CCCCCCO)c(=O)[nH]1. The van der Waals surface area contributed by atoms with Crippen LogP contribution in [0.3, 0.4) is 0 Å². The molecule has 0 aliphatic heterocycles. The molecule has 0 bridgehead atoms. The molecule has 1 aromatic rings. The molecule has 6 heteroatoms. The van der Waals surface area contributed by atoms with Crippen LogP contribution in [-0.2, 0) is 6.42 Å². The Morgan fingerprint density at radius 2 is 1.88 bits per heavy atom. The first kappa shape index (κ1) is 12.5. The smallest absolute Gasteiger partial charge is 0.257 e. The van der Waals surface area contributed by atoms with Crippen molar-refractivity contribution in [3.63, 3.8) is 0 Å². The first-order chi connectivity index (χ1) is 7.65. The summed E-state index contributed by atoms with van der Waals surface area (Å²) >= 11 is 0. The molecule has 90 valence electrons. The highest BCUT2D eigenvalue weighted by Gasteiger charge is 2.06. The molecule has 0 atom stereocenters. The van der Waals surface area contributed by atoms with E-state index in [1.165, 1.54) is 0 Å². The number of aliphatic hydroxyl groups is 1. The van der Waals surface area contributed by atoms with Crippen LogP contribution in [0.1, 0.15) is 31.2 Å². The Labute approximate surface area is 93.7 Å². The monoisotopic (exact) mass is 226 g/mol. The first-order valence-electron chi connectivity index (χ1n) is 5.40. The van der Waals surface area contributed by atoms with Crippen LogP contribution in [0.5, 0.6) is 0 Å². The summed E-state index contributed by atoms with van der Waals surface area (Å²) in [5.74, 6) is 0.259. The van der Waals surface area contributed by atoms with Gasteiger partial charge in [0.2, 0.25) is 5.95 Å². The number of H-pyrrole nitrogens is 1. The fourth-order valence-corrected chi connectivity index (χ4v) is 1.54. The number of anilines is 2. The molecule has 6 N–H and O–H groups in total. The fraction of sp³-hybridized carbons (Fsp3) is 0.600. The molecule has 0 spiro atoms. The number of rotatable bonds is 6. The number of aromatic nitrogens is 2. The van der Waals surface area contributed by atoms with E-state index in [0.29, 0.717) is 12.0 Å². The first-order valence-corrected chi connectivity index (χ1v) is 5.40. The molecule has 0 saturated carbocycles. The summed E-state index contributed by atoms with van der Waals surface area (Å²) in [5.41, 5.74) is 11.2. The Bertz CT molecular complexity index is 389. The van der Waals surface area contributed by atoms with Crippen LogP contribution in [0.2, 0.25) is 0 Å². The lowest BCUT2D eigenvalue weighted by atomic mass is 10.1. The average molecular weight is 226 g/mol. The summed E-state index contributed by atoms with van der Waals surface area (Å²) in [6, 6.07) is 0. The van der Waals surface area contributed by atoms with Gasteiger partial charge in [0.15, 0.2) is 0 Å². The van der Waals surface area contributed by atoms with Crippen molar-refractivity contribution in [1.29, 1.82) is 0 Å². The Morgan fingerprint density at radius 1 is 1.19 bits per heavy atom. The van der Waals surface area contributed by atoms with E-state index in [9.17, 15) is 4.79 Å². The molecular weight excluding hydrogens is 208 g/mol. The molecule has 0 aliphatic carbocycles. The number of hydrogen-bond donors (Lipinski definition) is 4. The number of aliphatic hydroxyl groups excluding tert-OH is 1. The van der Waals surface area contributed by atoms with Crippen LogP contribution in [-0.4, -0.2) is 21.7 Å². The van der Waals surface area contributed by atoms with Crippen LogP contribution in [0.15, 0.2) is 4.79 Å². The van der Waals surface area contributed by atoms with Crippen molar-refractivity contribution in [3.05, 3.63) is 15.9 Å². The van der Waals surface area contributed by atoms with Crippen molar-refractivity contribution in [2.45, 2.75) is 32.1 Å². The number of nitrogen functional groups attached to an aromatic ring is 2. The van der Waals surface area contributed by atoms with Crippen LogP contribution < -0.4 is 17.0 Å². The molecule has 0 amide bonds. The maximum atomic E-state index is 11.5. The van der Waals surface area contributed by atoms with E-state index < -0.39 is 0 Å². The number of nitrogens with one attached hydrogen (secondary N) is 1. The summed E-state index contributed by atoms with van der Waals surface area (Å²) < 4.78 is 0. The van der Waals surface area contributed by atoms with Crippen molar-refractivity contribution in [2.75, 3.05) is 18.1 Å². The highest BCUT2D eigenvalue weighted by molar-refractivity contribution is 5.41. The third-order valence-corrected chi connectivity index (χ3v) is 2.40. The van der Waals surface area contributed by atoms with Gasteiger partial charge < -0.3 is 16.6 Å². The van der Waals surface area contributed by atoms with Gasteiger partial charge in [-0.25, -0.2) is 0 Å². The Kier molecular flexibility index (Phi) is 4.78. The highest BCUT2D eigenvalue weighted by Crippen LogP contribution is 2.09. The quantitative estimate of drug-likeness (QED) is 0.510. The summed E-state index contributed by atoms with van der Waals surface area (Å²) in [6.45, 7) is 0.214. The normalized spacial score (nSPS) is 10.6. The Hall–Kier alpha value is -1.56. The van der Waals surface area contributed by atoms with E-state index in [4.69, 9.17) is 16.6 Å². The molecule has 1 aromatic heterocycles. The van der Waals surface area contributed by atoms with Gasteiger partial charge in [0.1, 0.15) is 5.82 Å². The van der Waals surface area contributed by atoms with Crippen molar-refractivity contribution in [1.82, 2.24) is 9.97 Å². The molecule has 0 unspecified atom stereocenters. The zero-order valence-electron chi connectivity index (χ0n) is 9.20. The van der Waals surface area contributed by atoms with Crippen LogP contribution in [0, 0.1) is 0 Å². The molecule has 0 fully saturated rings. The van der Waals surface area contributed by atoms with E-state index in [-0.39, 0.29) is 23.9 Å². The van der Waals surface area contributed by atoms with Gasteiger partial charge in [-0.1, -0.05) is 12.8 Å². The second-order valence-corrected chi connectivity index (χ2v) is 3.70. The lowest BCUT2D eigenvalue weighted by molar-refractivity contribution is 0.282. The van der Waals surface area contributed by atoms with Gasteiger partial charge in [-0.2, -0.15) is 4.98 Å². The van der Waals surface area contributed by atoms with E-state index in [1.54, 1.807) is 0 Å². The molecular formula is C10H18N4O2. The van der Waals surface area contributed by atoms with E-state index in [0.717, 1.165) is 25.7 Å². The minimum atomic E-state index is -0.257. The van der Waals surface area contributed by atoms with Crippen molar-refractivity contribution >= 4 is 11.8 Å². The van der Waals surface area contributed by atoms with E-state index in [2.05, 4.69) is 9.97 Å². The third-order valence-electron chi connectivity index (χ3n) is 2.40. The molecule has 1 heterocycles. The highest BCUT2D eigenvalue weighted by atomic mass is 16.2. The van der Waals surface area contributed by atoms with Crippen LogP contribution in [0.25, 0.3) is 0 Å². The Balaban J connectivity index is 2.51. The van der Waals surface area contributed by atoms with Gasteiger partial charge >= 0.3 is 0 Å². The lowest BCUT2D eigenvalue weighted by Gasteiger charge is -2.04.